The topological polar surface area (TPSA) is 337 Å². The monoisotopic (exact) mass is 991 g/mol. The molecule has 4 aliphatic heterocycles. The highest BCUT2D eigenvalue weighted by molar-refractivity contribution is 7.09. The zero-order chi connectivity index (χ0) is 50.2. The van der Waals surface area contributed by atoms with Crippen molar-refractivity contribution in [3.05, 3.63) is 57.8 Å². The second-order valence-corrected chi connectivity index (χ2v) is 19.9. The molecule has 380 valence electrons. The standard InChI is InChI=1S/C47H65N11O11S/c48-31(12-5-15-51-47(49)50)42(64)55-16-6-14-35(55)44(66)57-24-29(60)20-36(57)41(63)52-22-39(61)53-32(21-30-11-7-17-70-30)40(62)54-33(25-59)43(65)56-23-28-10-2-1-8-26(28)18-37(56)45(67)58-34-13-4-3-9-27(34)19-38(58)46(68)69/h1-2,7-8,10-11,17,27,29,31-38,59-60H,3-6,9,12-16,18-25,48H2,(H,52,63)(H,53,61)(H,54,62)(H,68,69)(H4,49,50,51)/t27-,29+,31-,32-,33-,34-,35-,36-,37+,38-/m0/s1. The fraction of sp³-hybridized carbons (Fsp3) is 0.596. The number of nitrogens with one attached hydrogen (secondary N) is 3. The molecule has 0 bridgehead atoms. The quantitative estimate of drug-likeness (QED) is 0.0439. The van der Waals surface area contributed by atoms with E-state index in [0.717, 1.165) is 30.4 Å². The van der Waals surface area contributed by atoms with Crippen LogP contribution in [0.1, 0.15) is 80.2 Å². The Kier molecular flexibility index (Phi) is 17.1. The van der Waals surface area contributed by atoms with E-state index in [1.54, 1.807) is 23.6 Å². The first-order valence-electron chi connectivity index (χ1n) is 24.1. The molecule has 2 aromatic rings. The molecule has 7 amide bonds. The van der Waals surface area contributed by atoms with Gasteiger partial charge in [-0.25, -0.2) is 4.79 Å². The number of likely N-dealkylation sites (tertiary alicyclic amines) is 3. The Morgan fingerprint density at radius 2 is 1.57 bits per heavy atom. The predicted molar refractivity (Wildman–Crippen MR) is 254 cm³/mol. The second kappa shape index (κ2) is 23.2. The zero-order valence-corrected chi connectivity index (χ0v) is 39.8. The molecule has 1 aliphatic carbocycles. The van der Waals surface area contributed by atoms with Gasteiger partial charge in [-0.05, 0) is 73.4 Å². The number of aliphatic hydroxyl groups excluding tert-OH is 2. The van der Waals surface area contributed by atoms with Gasteiger partial charge in [-0.2, -0.15) is 0 Å². The molecule has 12 N–H and O–H groups in total. The first kappa shape index (κ1) is 51.7. The Morgan fingerprint density at radius 3 is 2.29 bits per heavy atom. The minimum absolute atomic E-state index is 0.0269. The fourth-order valence-corrected chi connectivity index (χ4v) is 11.6. The number of carboxylic acids is 1. The summed E-state index contributed by atoms with van der Waals surface area (Å²) in [5.41, 5.74) is 18.5. The van der Waals surface area contributed by atoms with Gasteiger partial charge in [-0.15, -0.1) is 11.3 Å². The number of carbonyl (C=O) groups excluding carboxylic acids is 7. The van der Waals surface area contributed by atoms with Gasteiger partial charge < -0.3 is 68.1 Å². The first-order chi connectivity index (χ1) is 33.6. The maximum atomic E-state index is 14.7. The van der Waals surface area contributed by atoms with Crippen molar-refractivity contribution in [2.24, 2.45) is 28.1 Å². The van der Waals surface area contributed by atoms with Crippen molar-refractivity contribution in [1.29, 1.82) is 0 Å². The molecule has 1 saturated carbocycles. The van der Waals surface area contributed by atoms with Crippen LogP contribution < -0.4 is 33.2 Å². The van der Waals surface area contributed by atoms with Crippen molar-refractivity contribution < 1.29 is 53.7 Å². The molecule has 4 fully saturated rings. The second-order valence-electron chi connectivity index (χ2n) is 18.9. The molecule has 0 radical (unpaired) electrons. The number of β-amino-alcohol motifs (C(OH)–C–C–N with tert-alkyl or cyclic N) is 1. The van der Waals surface area contributed by atoms with Gasteiger partial charge in [0.05, 0.1) is 25.3 Å². The number of nitrogens with zero attached hydrogens (tertiary/aromatic N) is 5. The minimum Gasteiger partial charge on any atom is -0.480 e. The zero-order valence-electron chi connectivity index (χ0n) is 39.0. The van der Waals surface area contributed by atoms with Crippen molar-refractivity contribution in [2.75, 3.05) is 32.8 Å². The normalized spacial score (nSPS) is 25.2. The van der Waals surface area contributed by atoms with Crippen LogP contribution >= 0.6 is 11.3 Å². The summed E-state index contributed by atoms with van der Waals surface area (Å²) in [6.07, 6.45) is 3.99. The van der Waals surface area contributed by atoms with E-state index in [4.69, 9.17) is 17.2 Å². The molecule has 5 aliphatic rings. The van der Waals surface area contributed by atoms with Gasteiger partial charge in [0.2, 0.25) is 41.4 Å². The van der Waals surface area contributed by atoms with Crippen LogP contribution in [-0.2, 0) is 57.7 Å². The number of aliphatic hydroxyl groups is 2. The van der Waals surface area contributed by atoms with Crippen LogP contribution in [0.15, 0.2) is 46.8 Å². The summed E-state index contributed by atoms with van der Waals surface area (Å²) in [7, 11) is 0. The van der Waals surface area contributed by atoms with Crippen molar-refractivity contribution in [3.63, 3.8) is 0 Å². The molecule has 5 heterocycles. The van der Waals surface area contributed by atoms with E-state index in [2.05, 4.69) is 20.9 Å². The van der Waals surface area contributed by atoms with E-state index in [0.29, 0.717) is 37.0 Å². The lowest BCUT2D eigenvalue weighted by Crippen LogP contribution is -2.62. The van der Waals surface area contributed by atoms with Crippen molar-refractivity contribution in [2.45, 2.75) is 138 Å². The lowest BCUT2D eigenvalue weighted by Gasteiger charge is -2.42. The lowest BCUT2D eigenvalue weighted by atomic mass is 9.84. The van der Waals surface area contributed by atoms with Gasteiger partial charge in [-0.3, -0.25) is 38.6 Å². The van der Waals surface area contributed by atoms with Crippen molar-refractivity contribution in [3.8, 4) is 0 Å². The molecule has 0 unspecified atom stereocenters. The summed E-state index contributed by atoms with van der Waals surface area (Å²) in [6, 6.07) is 2.43. The first-order valence-corrected chi connectivity index (χ1v) is 25.0. The largest absolute Gasteiger partial charge is 0.480 e. The van der Waals surface area contributed by atoms with Gasteiger partial charge in [-0.1, -0.05) is 43.2 Å². The summed E-state index contributed by atoms with van der Waals surface area (Å²) in [4.78, 5) is 120. The summed E-state index contributed by atoms with van der Waals surface area (Å²) in [5, 5.41) is 41.0. The highest BCUT2D eigenvalue weighted by Gasteiger charge is 2.51. The van der Waals surface area contributed by atoms with Crippen LogP contribution in [0.25, 0.3) is 0 Å². The number of nitrogens with two attached hydrogens (primary N) is 3. The molecular weight excluding hydrogens is 927 g/mol. The molecule has 23 heteroatoms. The third-order valence-electron chi connectivity index (χ3n) is 14.3. The molecule has 22 nitrogen and oxygen atoms in total. The van der Waals surface area contributed by atoms with E-state index < -0.39 is 109 Å². The van der Waals surface area contributed by atoms with Crippen LogP contribution in [0.3, 0.4) is 0 Å². The van der Waals surface area contributed by atoms with Gasteiger partial charge in [0.25, 0.3) is 0 Å². The van der Waals surface area contributed by atoms with Crippen LogP contribution in [0.2, 0.25) is 0 Å². The molecule has 0 spiro atoms. The summed E-state index contributed by atoms with van der Waals surface area (Å²) in [5.74, 6) is -5.79. The summed E-state index contributed by atoms with van der Waals surface area (Å²) < 4.78 is 0. The number of amides is 7. The van der Waals surface area contributed by atoms with Crippen molar-refractivity contribution >= 4 is 64.6 Å². The number of rotatable bonds is 18. The molecule has 1 aromatic carbocycles. The van der Waals surface area contributed by atoms with E-state index >= 15 is 0 Å². The number of hydrogen-bond acceptors (Lipinski definition) is 13. The maximum absolute atomic E-state index is 14.7. The molecule has 10 atom stereocenters. The van der Waals surface area contributed by atoms with Crippen LogP contribution in [0.5, 0.6) is 0 Å². The average Bonchev–Trinajstić information content (AvgIpc) is 4.19. The molecule has 3 saturated heterocycles. The Morgan fingerprint density at radius 1 is 0.814 bits per heavy atom. The Labute approximate surface area is 409 Å². The highest BCUT2D eigenvalue weighted by atomic mass is 32.1. The SMILES string of the molecule is NC(N)=NCCC[C@H](N)C(=O)N1CCC[C@H]1C(=O)N1C[C@H](O)C[C@H]1C(=O)NCC(=O)N[C@@H](Cc1cccs1)C(=O)N[C@@H](CO)C(=O)N1Cc2ccccc2C[C@@H]1C(=O)N1[C@H](C(=O)O)C[C@@H]2CCCC[C@@H]21. The van der Waals surface area contributed by atoms with E-state index in [9.17, 15) is 53.7 Å². The van der Waals surface area contributed by atoms with Crippen molar-refractivity contribution in [1.82, 2.24) is 35.6 Å². The van der Waals surface area contributed by atoms with E-state index in [1.165, 1.54) is 30.9 Å². The number of aliphatic imine (C=N–C) groups is 1. The minimum atomic E-state index is -1.57. The van der Waals surface area contributed by atoms with Crippen LogP contribution in [0.4, 0.5) is 0 Å². The number of aliphatic carboxylic acids is 1. The summed E-state index contributed by atoms with van der Waals surface area (Å²) >= 11 is 1.31. The number of guanidine groups is 1. The number of thiophene rings is 1. The lowest BCUT2D eigenvalue weighted by molar-refractivity contribution is -0.156. The molecule has 1 aromatic heterocycles. The van der Waals surface area contributed by atoms with Crippen LogP contribution in [0, 0.1) is 5.92 Å². The average molecular weight is 992 g/mol. The Bertz CT molecular complexity index is 2300. The van der Waals surface area contributed by atoms with Gasteiger partial charge in [0.1, 0.15) is 36.3 Å². The maximum Gasteiger partial charge on any atom is 0.326 e. The third-order valence-corrected chi connectivity index (χ3v) is 15.2. The number of benzene rings is 1. The van der Waals surface area contributed by atoms with Crippen LogP contribution in [-0.4, -0.2) is 175 Å². The van der Waals surface area contributed by atoms with Gasteiger partial charge >= 0.3 is 5.97 Å². The predicted octanol–water partition coefficient (Wildman–Crippen LogP) is -2.10. The molecular formula is C47H65N11O11S. The number of carboxylic acid groups (broad SMARTS) is 1. The molecule has 7 rings (SSSR count). The highest BCUT2D eigenvalue weighted by Crippen LogP contribution is 2.41. The number of hydrogen-bond donors (Lipinski definition) is 9. The van der Waals surface area contributed by atoms with E-state index in [-0.39, 0.29) is 69.8 Å². The smallest absolute Gasteiger partial charge is 0.326 e. The Balaban J connectivity index is 1.00. The van der Waals surface area contributed by atoms with Gasteiger partial charge in [0, 0.05) is 56.4 Å². The summed E-state index contributed by atoms with van der Waals surface area (Å²) in [6.45, 7) is -1.17. The van der Waals surface area contributed by atoms with Gasteiger partial charge in [0.15, 0.2) is 5.96 Å². The fourth-order valence-electron chi connectivity index (χ4n) is 10.8. The molecule has 70 heavy (non-hydrogen) atoms. The third kappa shape index (κ3) is 11.9. The number of carbonyl (C=O) groups is 8. The van der Waals surface area contributed by atoms with E-state index in [1.807, 2.05) is 18.2 Å². The number of fused-ring (bicyclic) bond motifs is 2. The Hall–Kier alpha value is -6.17.